The second kappa shape index (κ2) is 5.77. The Hall–Kier alpha value is -1.31. The molecule has 1 saturated heterocycles. The predicted molar refractivity (Wildman–Crippen MR) is 80.2 cm³/mol. The summed E-state index contributed by atoms with van der Waals surface area (Å²) in [6.07, 6.45) is 0.131. The molecule has 19 heavy (non-hydrogen) atoms. The summed E-state index contributed by atoms with van der Waals surface area (Å²) in [6, 6.07) is 5.70. The first kappa shape index (κ1) is 14.1. The fraction of sp³-hybridized carbons (Fsp3) is 0.385. The van der Waals surface area contributed by atoms with Crippen molar-refractivity contribution in [2.75, 3.05) is 18.4 Å². The average Bonchev–Trinajstić information content (AvgIpc) is 2.27. The van der Waals surface area contributed by atoms with Crippen LogP contribution in [0, 0.1) is 16.4 Å². The number of rotatable bonds is 3. The largest absolute Gasteiger partial charge is 0.481 e. The van der Waals surface area contributed by atoms with Crippen molar-refractivity contribution in [3.05, 3.63) is 27.3 Å². The molecule has 102 valence electrons. The number of likely N-dealkylation sites (tertiary alicyclic amines) is 1. The average molecular weight is 374 g/mol. The van der Waals surface area contributed by atoms with Crippen LogP contribution in [-0.4, -0.2) is 35.1 Å². The fourth-order valence-electron chi connectivity index (χ4n) is 2.03. The highest BCUT2D eigenvalue weighted by Crippen LogP contribution is 2.22. The van der Waals surface area contributed by atoms with Crippen molar-refractivity contribution in [2.24, 2.45) is 5.92 Å². The summed E-state index contributed by atoms with van der Waals surface area (Å²) in [5.74, 6) is -0.723. The standard InChI is InChI=1S/C13H15IN2O3/c1-8-2-3-10(14)5-11(8)15-13(19)16-6-9(7-16)4-12(17)18/h2-3,5,9H,4,6-7H2,1H3,(H,15,19)(H,17,18). The second-order valence-electron chi connectivity index (χ2n) is 4.76. The number of aryl methyl sites for hydroxylation is 1. The van der Waals surface area contributed by atoms with Crippen LogP contribution in [0.5, 0.6) is 0 Å². The van der Waals surface area contributed by atoms with Gasteiger partial charge in [0.05, 0.1) is 6.42 Å². The van der Waals surface area contributed by atoms with Crippen molar-refractivity contribution in [2.45, 2.75) is 13.3 Å². The van der Waals surface area contributed by atoms with Gasteiger partial charge in [-0.15, -0.1) is 0 Å². The molecule has 1 fully saturated rings. The molecule has 0 atom stereocenters. The van der Waals surface area contributed by atoms with E-state index in [1.807, 2.05) is 25.1 Å². The molecule has 0 aliphatic carbocycles. The van der Waals surface area contributed by atoms with Crippen LogP contribution in [0.15, 0.2) is 18.2 Å². The molecule has 1 aliphatic rings. The molecule has 0 bridgehead atoms. The smallest absolute Gasteiger partial charge is 0.321 e. The van der Waals surface area contributed by atoms with E-state index < -0.39 is 5.97 Å². The number of nitrogens with one attached hydrogen (secondary N) is 1. The Kier molecular flexibility index (Phi) is 4.28. The van der Waals surface area contributed by atoms with Crippen molar-refractivity contribution >= 4 is 40.3 Å². The molecule has 5 nitrogen and oxygen atoms in total. The molecule has 0 aromatic heterocycles. The Morgan fingerprint density at radius 1 is 1.47 bits per heavy atom. The summed E-state index contributed by atoms with van der Waals surface area (Å²) in [5, 5.41) is 11.5. The number of nitrogens with zero attached hydrogens (tertiary/aromatic N) is 1. The maximum atomic E-state index is 12.0. The number of urea groups is 1. The summed E-state index contributed by atoms with van der Waals surface area (Å²) in [7, 11) is 0. The lowest BCUT2D eigenvalue weighted by atomic mass is 9.97. The van der Waals surface area contributed by atoms with Gasteiger partial charge >= 0.3 is 12.0 Å². The molecule has 0 spiro atoms. The predicted octanol–water partition coefficient (Wildman–Crippen LogP) is 2.54. The second-order valence-corrected chi connectivity index (χ2v) is 6.00. The first-order chi connectivity index (χ1) is 8.95. The SMILES string of the molecule is Cc1ccc(I)cc1NC(=O)N1CC(CC(=O)O)C1. The third-order valence-corrected chi connectivity index (χ3v) is 3.82. The highest BCUT2D eigenvalue weighted by molar-refractivity contribution is 14.1. The molecular formula is C13H15IN2O3. The van der Waals surface area contributed by atoms with E-state index in [0.717, 1.165) is 14.8 Å². The number of hydrogen-bond acceptors (Lipinski definition) is 2. The summed E-state index contributed by atoms with van der Waals surface area (Å²) >= 11 is 2.20. The molecule has 1 aliphatic heterocycles. The van der Waals surface area contributed by atoms with Crippen molar-refractivity contribution in [3.8, 4) is 0 Å². The molecular weight excluding hydrogens is 359 g/mol. The van der Waals surface area contributed by atoms with E-state index in [4.69, 9.17) is 5.11 Å². The number of carbonyl (C=O) groups is 2. The van der Waals surface area contributed by atoms with Gasteiger partial charge in [0.2, 0.25) is 0 Å². The van der Waals surface area contributed by atoms with Crippen LogP contribution in [0.2, 0.25) is 0 Å². The number of anilines is 1. The number of aliphatic carboxylic acids is 1. The Morgan fingerprint density at radius 3 is 2.79 bits per heavy atom. The molecule has 1 heterocycles. The number of carboxylic acid groups (broad SMARTS) is 1. The molecule has 1 aromatic rings. The maximum absolute atomic E-state index is 12.0. The number of benzene rings is 1. The van der Waals surface area contributed by atoms with Crippen LogP contribution in [-0.2, 0) is 4.79 Å². The maximum Gasteiger partial charge on any atom is 0.321 e. The van der Waals surface area contributed by atoms with Crippen LogP contribution >= 0.6 is 22.6 Å². The van der Waals surface area contributed by atoms with E-state index in [1.165, 1.54) is 0 Å². The van der Waals surface area contributed by atoms with Crippen molar-refractivity contribution in [3.63, 3.8) is 0 Å². The van der Waals surface area contributed by atoms with Gasteiger partial charge in [0, 0.05) is 28.3 Å². The fourth-order valence-corrected chi connectivity index (χ4v) is 2.53. The zero-order valence-electron chi connectivity index (χ0n) is 10.5. The zero-order chi connectivity index (χ0) is 14.0. The van der Waals surface area contributed by atoms with E-state index in [0.29, 0.717) is 13.1 Å². The van der Waals surface area contributed by atoms with Crippen molar-refractivity contribution in [1.29, 1.82) is 0 Å². The first-order valence-electron chi connectivity index (χ1n) is 5.99. The highest BCUT2D eigenvalue weighted by atomic mass is 127. The van der Waals surface area contributed by atoms with E-state index in [-0.39, 0.29) is 18.4 Å². The minimum absolute atomic E-state index is 0.0836. The number of hydrogen-bond donors (Lipinski definition) is 2. The van der Waals surface area contributed by atoms with Gasteiger partial charge in [-0.1, -0.05) is 6.07 Å². The van der Waals surface area contributed by atoms with Crippen molar-refractivity contribution in [1.82, 2.24) is 4.90 Å². The van der Waals surface area contributed by atoms with E-state index in [1.54, 1.807) is 4.90 Å². The van der Waals surface area contributed by atoms with Gasteiger partial charge in [-0.3, -0.25) is 4.79 Å². The number of carboxylic acids is 1. The lowest BCUT2D eigenvalue weighted by molar-refractivity contribution is -0.139. The van der Waals surface area contributed by atoms with Gasteiger partial charge in [-0.25, -0.2) is 4.79 Å². The molecule has 0 unspecified atom stereocenters. The van der Waals surface area contributed by atoms with E-state index >= 15 is 0 Å². The summed E-state index contributed by atoms with van der Waals surface area (Å²) < 4.78 is 1.06. The van der Waals surface area contributed by atoms with Gasteiger partial charge in [-0.2, -0.15) is 0 Å². The quantitative estimate of drug-likeness (QED) is 0.799. The van der Waals surface area contributed by atoms with Gasteiger partial charge in [0.1, 0.15) is 0 Å². The number of carbonyl (C=O) groups excluding carboxylic acids is 1. The Bertz CT molecular complexity index is 513. The Morgan fingerprint density at radius 2 is 2.16 bits per heavy atom. The summed E-state index contributed by atoms with van der Waals surface area (Å²) in [4.78, 5) is 24.1. The van der Waals surface area contributed by atoms with Gasteiger partial charge in [0.15, 0.2) is 0 Å². The third kappa shape index (κ3) is 3.59. The van der Waals surface area contributed by atoms with Gasteiger partial charge in [0.25, 0.3) is 0 Å². The number of amides is 2. The van der Waals surface area contributed by atoms with Crippen LogP contribution < -0.4 is 5.32 Å². The minimum atomic E-state index is -0.807. The first-order valence-corrected chi connectivity index (χ1v) is 7.07. The van der Waals surface area contributed by atoms with Crippen molar-refractivity contribution < 1.29 is 14.7 Å². The van der Waals surface area contributed by atoms with Crippen LogP contribution in [0.1, 0.15) is 12.0 Å². The molecule has 2 amide bonds. The van der Waals surface area contributed by atoms with Gasteiger partial charge < -0.3 is 15.3 Å². The van der Waals surface area contributed by atoms with E-state index in [9.17, 15) is 9.59 Å². The molecule has 0 saturated carbocycles. The Balaban J connectivity index is 1.89. The third-order valence-electron chi connectivity index (χ3n) is 3.15. The molecule has 2 N–H and O–H groups in total. The number of halogens is 1. The van der Waals surface area contributed by atoms with Crippen LogP contribution in [0.3, 0.4) is 0 Å². The summed E-state index contributed by atoms with van der Waals surface area (Å²) in [5.41, 5.74) is 1.81. The monoisotopic (exact) mass is 374 g/mol. The van der Waals surface area contributed by atoms with E-state index in [2.05, 4.69) is 27.9 Å². The minimum Gasteiger partial charge on any atom is -0.481 e. The summed E-state index contributed by atoms with van der Waals surface area (Å²) in [6.45, 7) is 2.97. The highest BCUT2D eigenvalue weighted by Gasteiger charge is 2.32. The molecule has 2 rings (SSSR count). The topological polar surface area (TPSA) is 69.6 Å². The van der Waals surface area contributed by atoms with Gasteiger partial charge in [-0.05, 0) is 47.2 Å². The normalized spacial score (nSPS) is 14.9. The lowest BCUT2D eigenvalue weighted by Crippen LogP contribution is -2.52. The van der Waals surface area contributed by atoms with Crippen LogP contribution in [0.4, 0.5) is 10.5 Å². The lowest BCUT2D eigenvalue weighted by Gasteiger charge is -2.38. The molecule has 1 aromatic carbocycles. The molecule has 6 heteroatoms. The molecule has 0 radical (unpaired) electrons. The zero-order valence-corrected chi connectivity index (χ0v) is 12.7. The Labute approximate surface area is 125 Å². The van der Waals surface area contributed by atoms with Crippen LogP contribution in [0.25, 0.3) is 0 Å².